The number of hydrogen-bond acceptors (Lipinski definition) is 3. The van der Waals surface area contributed by atoms with Gasteiger partial charge in [-0.05, 0) is 24.8 Å². The zero-order valence-electron chi connectivity index (χ0n) is 9.98. The Kier molecular flexibility index (Phi) is 4.36. The second-order valence-corrected chi connectivity index (χ2v) is 4.52. The molecular weight excluding hydrogens is 202 g/mol. The van der Waals surface area contributed by atoms with E-state index in [2.05, 4.69) is 16.5 Å². The summed E-state index contributed by atoms with van der Waals surface area (Å²) in [4.78, 5) is 0. The summed E-state index contributed by atoms with van der Waals surface area (Å²) in [5, 5.41) is 7.83. The molecule has 2 heterocycles. The number of aromatic nitrogens is 2. The van der Waals surface area contributed by atoms with Crippen molar-refractivity contribution in [3.8, 4) is 0 Å². The summed E-state index contributed by atoms with van der Waals surface area (Å²) in [7, 11) is 1.95. The molecule has 4 nitrogen and oxygen atoms in total. The van der Waals surface area contributed by atoms with Gasteiger partial charge in [0.15, 0.2) is 0 Å². The Bertz CT molecular complexity index is 305. The summed E-state index contributed by atoms with van der Waals surface area (Å²) in [5.41, 5.74) is 1.16. The van der Waals surface area contributed by atoms with Crippen molar-refractivity contribution in [2.75, 3.05) is 26.3 Å². The maximum Gasteiger partial charge on any atom is 0.0637 e. The number of aryl methyl sites for hydroxylation is 1. The van der Waals surface area contributed by atoms with Crippen LogP contribution in [0.1, 0.15) is 18.5 Å². The summed E-state index contributed by atoms with van der Waals surface area (Å²) in [6.07, 6.45) is 5.52. The zero-order chi connectivity index (χ0) is 11.2. The van der Waals surface area contributed by atoms with Crippen molar-refractivity contribution in [3.63, 3.8) is 0 Å². The molecule has 0 amide bonds. The normalized spacial score (nSPS) is 21.2. The van der Waals surface area contributed by atoms with Crippen LogP contribution in [0.3, 0.4) is 0 Å². The van der Waals surface area contributed by atoms with E-state index in [4.69, 9.17) is 4.74 Å². The van der Waals surface area contributed by atoms with Gasteiger partial charge in [-0.1, -0.05) is 0 Å². The highest BCUT2D eigenvalue weighted by atomic mass is 16.5. The molecule has 0 bridgehead atoms. The molecule has 1 fully saturated rings. The molecule has 1 saturated heterocycles. The highest BCUT2D eigenvalue weighted by molar-refractivity contribution is 4.98. The van der Waals surface area contributed by atoms with Crippen molar-refractivity contribution in [1.29, 1.82) is 0 Å². The van der Waals surface area contributed by atoms with Gasteiger partial charge in [-0.25, -0.2) is 0 Å². The smallest absolute Gasteiger partial charge is 0.0637 e. The van der Waals surface area contributed by atoms with Crippen molar-refractivity contribution in [3.05, 3.63) is 18.0 Å². The Labute approximate surface area is 97.0 Å². The monoisotopic (exact) mass is 223 g/mol. The predicted molar refractivity (Wildman–Crippen MR) is 63.3 cm³/mol. The van der Waals surface area contributed by atoms with Crippen LogP contribution in [0.2, 0.25) is 0 Å². The fraction of sp³-hybridized carbons (Fsp3) is 0.750. The van der Waals surface area contributed by atoms with E-state index in [1.165, 1.54) is 12.8 Å². The number of hydrogen-bond donors (Lipinski definition) is 1. The van der Waals surface area contributed by atoms with Gasteiger partial charge in [0.05, 0.1) is 12.3 Å². The molecule has 1 aromatic rings. The lowest BCUT2D eigenvalue weighted by atomic mass is 10.0. The first-order chi connectivity index (χ1) is 7.84. The fourth-order valence-electron chi connectivity index (χ4n) is 2.09. The summed E-state index contributed by atoms with van der Waals surface area (Å²) in [6.45, 7) is 3.96. The first-order valence-electron chi connectivity index (χ1n) is 6.11. The second kappa shape index (κ2) is 6.01. The van der Waals surface area contributed by atoms with Crippen LogP contribution in [0.5, 0.6) is 0 Å². The molecule has 1 aliphatic heterocycles. The van der Waals surface area contributed by atoms with Crippen LogP contribution in [-0.4, -0.2) is 36.1 Å². The number of rotatable bonds is 5. The molecule has 0 radical (unpaired) electrons. The van der Waals surface area contributed by atoms with Crippen molar-refractivity contribution >= 4 is 0 Å². The van der Waals surface area contributed by atoms with Gasteiger partial charge in [-0.3, -0.25) is 4.68 Å². The van der Waals surface area contributed by atoms with Crippen molar-refractivity contribution < 1.29 is 4.74 Å². The Morgan fingerprint density at radius 2 is 2.56 bits per heavy atom. The van der Waals surface area contributed by atoms with Crippen molar-refractivity contribution in [2.45, 2.75) is 19.3 Å². The molecule has 0 aliphatic carbocycles. The van der Waals surface area contributed by atoms with Gasteiger partial charge in [0.2, 0.25) is 0 Å². The minimum Gasteiger partial charge on any atom is -0.381 e. The predicted octanol–water partition coefficient (Wildman–Crippen LogP) is 0.979. The van der Waals surface area contributed by atoms with Gasteiger partial charge in [-0.15, -0.1) is 0 Å². The molecule has 0 spiro atoms. The summed E-state index contributed by atoms with van der Waals surface area (Å²) in [5.74, 6) is 0.706. The van der Waals surface area contributed by atoms with E-state index in [1.54, 1.807) is 0 Å². The van der Waals surface area contributed by atoms with Crippen molar-refractivity contribution in [1.82, 2.24) is 15.1 Å². The third kappa shape index (κ3) is 3.61. The molecule has 1 aromatic heterocycles. The lowest BCUT2D eigenvalue weighted by Gasteiger charge is -2.22. The molecule has 1 unspecified atom stereocenters. The van der Waals surface area contributed by atoms with E-state index < -0.39 is 0 Å². The maximum atomic E-state index is 5.45. The SMILES string of the molecule is Cn1ccc(CCNCC2CCCOC2)n1. The van der Waals surface area contributed by atoms with E-state index in [1.807, 2.05) is 17.9 Å². The molecule has 1 atom stereocenters. The third-order valence-electron chi connectivity index (χ3n) is 3.01. The van der Waals surface area contributed by atoms with Crippen LogP contribution in [-0.2, 0) is 18.2 Å². The molecule has 1 aliphatic rings. The lowest BCUT2D eigenvalue weighted by molar-refractivity contribution is 0.0549. The average Bonchev–Trinajstić information content (AvgIpc) is 2.72. The van der Waals surface area contributed by atoms with Gasteiger partial charge in [0.1, 0.15) is 0 Å². The highest BCUT2D eigenvalue weighted by Crippen LogP contribution is 2.11. The Morgan fingerprint density at radius 1 is 1.62 bits per heavy atom. The molecule has 2 rings (SSSR count). The van der Waals surface area contributed by atoms with Crippen LogP contribution in [0.15, 0.2) is 12.3 Å². The van der Waals surface area contributed by atoms with Gasteiger partial charge >= 0.3 is 0 Å². The molecule has 16 heavy (non-hydrogen) atoms. The molecule has 4 heteroatoms. The minimum atomic E-state index is 0.706. The van der Waals surface area contributed by atoms with Gasteiger partial charge in [0, 0.05) is 39.4 Å². The third-order valence-corrected chi connectivity index (χ3v) is 3.01. The summed E-state index contributed by atoms with van der Waals surface area (Å²) in [6, 6.07) is 2.07. The van der Waals surface area contributed by atoms with Gasteiger partial charge in [-0.2, -0.15) is 5.10 Å². The van der Waals surface area contributed by atoms with Crippen LogP contribution in [0.4, 0.5) is 0 Å². The number of ether oxygens (including phenoxy) is 1. The van der Waals surface area contributed by atoms with Crippen LogP contribution < -0.4 is 5.32 Å². The van der Waals surface area contributed by atoms with Crippen molar-refractivity contribution in [2.24, 2.45) is 13.0 Å². The lowest BCUT2D eigenvalue weighted by Crippen LogP contribution is -2.30. The fourth-order valence-corrected chi connectivity index (χ4v) is 2.09. The minimum absolute atomic E-state index is 0.706. The first-order valence-corrected chi connectivity index (χ1v) is 6.11. The van der Waals surface area contributed by atoms with E-state index in [0.717, 1.165) is 38.4 Å². The summed E-state index contributed by atoms with van der Waals surface area (Å²) < 4.78 is 7.30. The number of nitrogens with zero attached hydrogens (tertiary/aromatic N) is 2. The summed E-state index contributed by atoms with van der Waals surface area (Å²) >= 11 is 0. The maximum absolute atomic E-state index is 5.45. The first kappa shape index (κ1) is 11.6. The van der Waals surface area contributed by atoms with E-state index in [-0.39, 0.29) is 0 Å². The van der Waals surface area contributed by atoms with E-state index in [0.29, 0.717) is 5.92 Å². The van der Waals surface area contributed by atoms with E-state index in [9.17, 15) is 0 Å². The Balaban J connectivity index is 1.57. The topological polar surface area (TPSA) is 39.1 Å². The second-order valence-electron chi connectivity index (χ2n) is 4.52. The molecular formula is C12H21N3O. The standard InChI is InChI=1S/C12H21N3O/c1-15-7-5-12(14-15)4-6-13-9-11-3-2-8-16-10-11/h5,7,11,13H,2-4,6,8-10H2,1H3. The highest BCUT2D eigenvalue weighted by Gasteiger charge is 2.12. The Morgan fingerprint density at radius 3 is 3.25 bits per heavy atom. The van der Waals surface area contributed by atoms with E-state index >= 15 is 0 Å². The molecule has 0 aromatic carbocycles. The quantitative estimate of drug-likeness (QED) is 0.756. The van der Waals surface area contributed by atoms with Gasteiger partial charge in [0.25, 0.3) is 0 Å². The molecule has 1 N–H and O–H groups in total. The number of nitrogens with one attached hydrogen (secondary N) is 1. The molecule has 0 saturated carbocycles. The van der Waals surface area contributed by atoms with Gasteiger partial charge < -0.3 is 10.1 Å². The Hall–Kier alpha value is -0.870. The van der Waals surface area contributed by atoms with Crippen LogP contribution in [0.25, 0.3) is 0 Å². The largest absolute Gasteiger partial charge is 0.381 e. The zero-order valence-corrected chi connectivity index (χ0v) is 9.98. The average molecular weight is 223 g/mol. The molecule has 90 valence electrons. The van der Waals surface area contributed by atoms with Crippen LogP contribution in [0, 0.1) is 5.92 Å². The van der Waals surface area contributed by atoms with Crippen LogP contribution >= 0.6 is 0 Å².